The molecule has 1 saturated carbocycles. The van der Waals surface area contributed by atoms with Crippen molar-refractivity contribution in [1.29, 1.82) is 5.26 Å². The van der Waals surface area contributed by atoms with Crippen LogP contribution in [0.5, 0.6) is 0 Å². The second kappa shape index (κ2) is 4.23. The zero-order valence-corrected chi connectivity index (χ0v) is 11.2. The molecule has 1 fully saturated rings. The first-order valence-electron chi connectivity index (χ1n) is 6.65. The smallest absolute Gasteiger partial charge is 0.276 e. The van der Waals surface area contributed by atoms with Crippen LogP contribution in [0.15, 0.2) is 4.79 Å². The second-order valence-electron chi connectivity index (χ2n) is 5.28. The number of aromatic amines is 1. The molecule has 0 saturated heterocycles. The van der Waals surface area contributed by atoms with Gasteiger partial charge < -0.3 is 0 Å². The van der Waals surface area contributed by atoms with Gasteiger partial charge in [0.15, 0.2) is 5.65 Å². The van der Waals surface area contributed by atoms with Gasteiger partial charge in [-0.1, -0.05) is 12.8 Å². The monoisotopic (exact) mass is 256 g/mol. The van der Waals surface area contributed by atoms with Gasteiger partial charge in [-0.05, 0) is 32.6 Å². The van der Waals surface area contributed by atoms with Crippen LogP contribution in [0.1, 0.15) is 54.1 Å². The normalized spacial score (nSPS) is 16.1. The molecular formula is C14H16N4O. The lowest BCUT2D eigenvalue weighted by Gasteiger charge is -2.11. The quantitative estimate of drug-likeness (QED) is 0.849. The molecule has 0 radical (unpaired) electrons. The van der Waals surface area contributed by atoms with Crippen LogP contribution in [0.2, 0.25) is 0 Å². The molecule has 0 bridgehead atoms. The van der Waals surface area contributed by atoms with Crippen LogP contribution in [0.3, 0.4) is 0 Å². The Bertz CT molecular complexity index is 741. The van der Waals surface area contributed by atoms with Crippen LogP contribution in [0.4, 0.5) is 0 Å². The Morgan fingerprint density at radius 3 is 2.68 bits per heavy atom. The van der Waals surface area contributed by atoms with E-state index in [2.05, 4.69) is 16.2 Å². The van der Waals surface area contributed by atoms with Crippen molar-refractivity contribution >= 4 is 5.65 Å². The number of hydrogen-bond donors (Lipinski definition) is 1. The number of hydrogen-bond acceptors (Lipinski definition) is 3. The Kier molecular flexibility index (Phi) is 2.67. The van der Waals surface area contributed by atoms with Crippen molar-refractivity contribution in [1.82, 2.24) is 14.6 Å². The fourth-order valence-corrected chi connectivity index (χ4v) is 3.12. The SMILES string of the molecule is Cc1nc2c(C#N)c(C)[nH]n2c(=O)c1C1CCCC1. The largest absolute Gasteiger partial charge is 0.293 e. The van der Waals surface area contributed by atoms with Gasteiger partial charge in [0.2, 0.25) is 0 Å². The minimum atomic E-state index is -0.0426. The molecule has 0 aliphatic heterocycles. The fourth-order valence-electron chi connectivity index (χ4n) is 3.12. The van der Waals surface area contributed by atoms with E-state index in [0.29, 0.717) is 22.8 Å². The summed E-state index contributed by atoms with van der Waals surface area (Å²) >= 11 is 0. The number of nitriles is 1. The summed E-state index contributed by atoms with van der Waals surface area (Å²) in [4.78, 5) is 17.1. The Balaban J connectivity index is 2.32. The number of aryl methyl sites for hydroxylation is 2. The van der Waals surface area contributed by atoms with Crippen molar-refractivity contribution in [3.8, 4) is 6.07 Å². The van der Waals surface area contributed by atoms with Crippen LogP contribution in [-0.2, 0) is 0 Å². The van der Waals surface area contributed by atoms with E-state index in [-0.39, 0.29) is 5.56 Å². The van der Waals surface area contributed by atoms with Gasteiger partial charge in [0, 0.05) is 11.3 Å². The maximum atomic E-state index is 12.6. The van der Waals surface area contributed by atoms with E-state index < -0.39 is 0 Å². The molecule has 1 aliphatic carbocycles. The minimum absolute atomic E-state index is 0.0426. The van der Waals surface area contributed by atoms with E-state index >= 15 is 0 Å². The molecule has 0 unspecified atom stereocenters. The first-order valence-corrected chi connectivity index (χ1v) is 6.65. The van der Waals surface area contributed by atoms with Gasteiger partial charge in [-0.15, -0.1) is 0 Å². The highest BCUT2D eigenvalue weighted by molar-refractivity contribution is 5.58. The third-order valence-electron chi connectivity index (χ3n) is 4.06. The number of nitrogens with zero attached hydrogens (tertiary/aromatic N) is 3. The molecule has 98 valence electrons. The molecule has 2 heterocycles. The number of aromatic nitrogens is 3. The number of rotatable bonds is 1. The lowest BCUT2D eigenvalue weighted by Crippen LogP contribution is -2.23. The minimum Gasteiger partial charge on any atom is -0.293 e. The van der Waals surface area contributed by atoms with E-state index in [9.17, 15) is 4.79 Å². The first kappa shape index (κ1) is 12.0. The molecule has 5 heteroatoms. The topological polar surface area (TPSA) is 73.9 Å². The Morgan fingerprint density at radius 2 is 2.05 bits per heavy atom. The second-order valence-corrected chi connectivity index (χ2v) is 5.28. The van der Waals surface area contributed by atoms with Crippen LogP contribution in [0, 0.1) is 25.2 Å². The van der Waals surface area contributed by atoms with E-state index in [1.165, 1.54) is 17.4 Å². The molecule has 0 spiro atoms. The highest BCUT2D eigenvalue weighted by Crippen LogP contribution is 2.33. The van der Waals surface area contributed by atoms with Crippen molar-refractivity contribution < 1.29 is 0 Å². The van der Waals surface area contributed by atoms with Gasteiger partial charge in [-0.25, -0.2) is 4.98 Å². The zero-order chi connectivity index (χ0) is 13.6. The predicted octanol–water partition coefficient (Wildman–Crippen LogP) is 2.17. The summed E-state index contributed by atoms with van der Waals surface area (Å²) in [6, 6.07) is 2.11. The Hall–Kier alpha value is -2.09. The van der Waals surface area contributed by atoms with Gasteiger partial charge in [0.1, 0.15) is 11.6 Å². The maximum absolute atomic E-state index is 12.6. The predicted molar refractivity (Wildman–Crippen MR) is 71.2 cm³/mol. The van der Waals surface area contributed by atoms with Crippen molar-refractivity contribution in [3.63, 3.8) is 0 Å². The molecule has 5 nitrogen and oxygen atoms in total. The molecule has 0 amide bonds. The van der Waals surface area contributed by atoms with Crippen molar-refractivity contribution in [2.45, 2.75) is 45.4 Å². The van der Waals surface area contributed by atoms with Crippen molar-refractivity contribution in [3.05, 3.63) is 32.9 Å². The molecule has 0 aromatic carbocycles. The summed E-state index contributed by atoms with van der Waals surface area (Å²) in [7, 11) is 0. The summed E-state index contributed by atoms with van der Waals surface area (Å²) in [5.41, 5.74) is 3.14. The number of nitrogens with one attached hydrogen (secondary N) is 1. The third kappa shape index (κ3) is 1.67. The van der Waals surface area contributed by atoms with E-state index in [0.717, 1.165) is 24.1 Å². The molecule has 1 aliphatic rings. The first-order chi connectivity index (χ1) is 9.13. The van der Waals surface area contributed by atoms with Crippen LogP contribution in [0.25, 0.3) is 5.65 Å². The summed E-state index contributed by atoms with van der Waals surface area (Å²) < 4.78 is 1.43. The Morgan fingerprint density at radius 1 is 1.37 bits per heavy atom. The summed E-state index contributed by atoms with van der Waals surface area (Å²) in [6.07, 6.45) is 4.49. The molecule has 1 N–H and O–H groups in total. The van der Waals surface area contributed by atoms with Gasteiger partial charge in [0.05, 0.1) is 5.69 Å². The molecule has 3 rings (SSSR count). The average Bonchev–Trinajstić information content (AvgIpc) is 2.97. The van der Waals surface area contributed by atoms with Gasteiger partial charge in [-0.2, -0.15) is 9.78 Å². The van der Waals surface area contributed by atoms with E-state index in [1.807, 2.05) is 6.92 Å². The standard InChI is InChI=1S/C14H16N4O/c1-8-11(7-15)13-16-9(2)12(10-5-3-4-6-10)14(19)18(13)17-8/h10,17H,3-6H2,1-2H3. The average molecular weight is 256 g/mol. The Labute approximate surface area is 110 Å². The van der Waals surface area contributed by atoms with Crippen LogP contribution < -0.4 is 5.56 Å². The van der Waals surface area contributed by atoms with Gasteiger partial charge in [-0.3, -0.25) is 9.89 Å². The molecule has 19 heavy (non-hydrogen) atoms. The molecule has 0 atom stereocenters. The van der Waals surface area contributed by atoms with Crippen LogP contribution in [-0.4, -0.2) is 14.6 Å². The van der Waals surface area contributed by atoms with Crippen LogP contribution >= 0.6 is 0 Å². The highest BCUT2D eigenvalue weighted by Gasteiger charge is 2.25. The number of fused-ring (bicyclic) bond motifs is 1. The maximum Gasteiger partial charge on any atom is 0.276 e. The molecule has 2 aromatic rings. The zero-order valence-electron chi connectivity index (χ0n) is 11.2. The van der Waals surface area contributed by atoms with Crippen molar-refractivity contribution in [2.24, 2.45) is 0 Å². The van der Waals surface area contributed by atoms with E-state index in [1.54, 1.807) is 6.92 Å². The van der Waals surface area contributed by atoms with Gasteiger partial charge >= 0.3 is 0 Å². The van der Waals surface area contributed by atoms with Gasteiger partial charge in [0.25, 0.3) is 5.56 Å². The summed E-state index contributed by atoms with van der Waals surface area (Å²) in [5.74, 6) is 0.325. The highest BCUT2D eigenvalue weighted by atomic mass is 16.1. The number of H-pyrrole nitrogens is 1. The van der Waals surface area contributed by atoms with Crippen molar-refractivity contribution in [2.75, 3.05) is 0 Å². The lowest BCUT2D eigenvalue weighted by molar-refractivity contribution is 0.686. The van der Waals surface area contributed by atoms with E-state index in [4.69, 9.17) is 5.26 Å². The summed E-state index contributed by atoms with van der Waals surface area (Å²) in [5, 5.41) is 12.1. The lowest BCUT2D eigenvalue weighted by atomic mass is 9.97. The fraction of sp³-hybridized carbons (Fsp3) is 0.500. The molecular weight excluding hydrogens is 240 g/mol. The summed E-state index contributed by atoms with van der Waals surface area (Å²) in [6.45, 7) is 3.66. The molecule has 2 aromatic heterocycles. The third-order valence-corrected chi connectivity index (χ3v) is 4.06.